The third-order valence-corrected chi connectivity index (χ3v) is 3.64. The number of nitrogens with zero attached hydrogens (tertiary/aromatic N) is 3. The van der Waals surface area contributed by atoms with Crippen molar-refractivity contribution >= 4 is 17.7 Å². The highest BCUT2D eigenvalue weighted by Crippen LogP contribution is 2.22. The molecule has 0 saturated heterocycles. The maximum absolute atomic E-state index is 11.0. The summed E-state index contributed by atoms with van der Waals surface area (Å²) in [6, 6.07) is 6.72. The Morgan fingerprint density at radius 1 is 1.42 bits per heavy atom. The van der Waals surface area contributed by atoms with Crippen LogP contribution in [0.15, 0.2) is 29.4 Å². The lowest BCUT2D eigenvalue weighted by atomic mass is 10.1. The van der Waals surface area contributed by atoms with Gasteiger partial charge in [0.25, 0.3) is 0 Å². The Morgan fingerprint density at radius 2 is 2.16 bits per heavy atom. The molecule has 2 aromatic rings. The molecule has 1 aromatic heterocycles. The van der Waals surface area contributed by atoms with Gasteiger partial charge in [0.1, 0.15) is 0 Å². The van der Waals surface area contributed by atoms with Crippen LogP contribution in [0.3, 0.4) is 0 Å². The first-order chi connectivity index (χ1) is 9.13. The Hall–Kier alpha value is -2.02. The van der Waals surface area contributed by atoms with E-state index in [-0.39, 0.29) is 5.56 Å². The van der Waals surface area contributed by atoms with Gasteiger partial charge < -0.3 is 15.7 Å². The minimum Gasteiger partial charge on any atom is -0.545 e. The van der Waals surface area contributed by atoms with Crippen molar-refractivity contribution < 1.29 is 9.90 Å². The molecule has 1 aromatic carbocycles. The molecule has 19 heavy (non-hydrogen) atoms. The Balaban J connectivity index is 2.14. The van der Waals surface area contributed by atoms with Crippen LogP contribution < -0.4 is 10.9 Å². The van der Waals surface area contributed by atoms with Gasteiger partial charge in [-0.25, -0.2) is 4.68 Å². The summed E-state index contributed by atoms with van der Waals surface area (Å²) in [5.74, 6) is 5.78. The minimum absolute atomic E-state index is 0.189. The van der Waals surface area contributed by atoms with Gasteiger partial charge in [-0.05, 0) is 5.56 Å². The van der Waals surface area contributed by atoms with Crippen LogP contribution in [-0.4, -0.2) is 20.8 Å². The second-order valence-electron chi connectivity index (χ2n) is 3.86. The van der Waals surface area contributed by atoms with Gasteiger partial charge in [-0.15, -0.1) is 10.2 Å². The molecule has 0 spiro atoms. The van der Waals surface area contributed by atoms with Crippen molar-refractivity contribution in [2.45, 2.75) is 24.3 Å². The third-order valence-electron chi connectivity index (χ3n) is 2.65. The number of aromatic carboxylic acids is 1. The molecule has 0 unspecified atom stereocenters. The molecule has 0 atom stereocenters. The average Bonchev–Trinajstić information content (AvgIpc) is 2.77. The standard InChI is InChI=1S/C12H14N4O2S/c1-2-10-14-15-12(16(10)13)19-7-8-5-3-4-6-9(8)11(17)18/h3-6H,2,7,13H2,1H3,(H,17,18)/p-1. The van der Waals surface area contributed by atoms with E-state index in [4.69, 9.17) is 5.84 Å². The van der Waals surface area contributed by atoms with E-state index in [0.717, 1.165) is 0 Å². The maximum atomic E-state index is 11.0. The number of carboxylic acids is 1. The van der Waals surface area contributed by atoms with Crippen LogP contribution in [0.2, 0.25) is 0 Å². The molecule has 2 N–H and O–H groups in total. The number of aryl methyl sites for hydroxylation is 1. The number of carboxylic acid groups (broad SMARTS) is 1. The highest BCUT2D eigenvalue weighted by Gasteiger charge is 2.10. The molecular weight excluding hydrogens is 264 g/mol. The number of rotatable bonds is 5. The fourth-order valence-corrected chi connectivity index (χ4v) is 2.51. The summed E-state index contributed by atoms with van der Waals surface area (Å²) < 4.78 is 1.42. The average molecular weight is 277 g/mol. The predicted molar refractivity (Wildman–Crippen MR) is 69.9 cm³/mol. The van der Waals surface area contributed by atoms with Gasteiger partial charge in [-0.3, -0.25) is 0 Å². The molecular formula is C12H13N4O2S-. The van der Waals surface area contributed by atoms with Gasteiger partial charge >= 0.3 is 0 Å². The van der Waals surface area contributed by atoms with Crippen molar-refractivity contribution in [2.24, 2.45) is 0 Å². The predicted octanol–water partition coefficient (Wildman–Crippen LogP) is 0.210. The molecule has 6 nitrogen and oxygen atoms in total. The van der Waals surface area contributed by atoms with Gasteiger partial charge in [-0.2, -0.15) is 0 Å². The molecule has 2 rings (SSSR count). The second kappa shape index (κ2) is 5.75. The molecule has 0 amide bonds. The highest BCUT2D eigenvalue weighted by atomic mass is 32.2. The van der Waals surface area contributed by atoms with E-state index in [2.05, 4.69) is 10.2 Å². The SMILES string of the molecule is CCc1nnc(SCc2ccccc2C(=O)[O-])n1N. The van der Waals surface area contributed by atoms with E-state index in [1.807, 2.05) is 6.92 Å². The zero-order valence-electron chi connectivity index (χ0n) is 10.4. The van der Waals surface area contributed by atoms with Crippen LogP contribution >= 0.6 is 11.8 Å². The number of nitrogen functional groups attached to an aromatic ring is 1. The van der Waals surface area contributed by atoms with Gasteiger partial charge in [0.15, 0.2) is 5.82 Å². The molecule has 7 heteroatoms. The summed E-state index contributed by atoms with van der Waals surface area (Å²) in [6.45, 7) is 1.94. The van der Waals surface area contributed by atoms with Crippen LogP contribution in [0.25, 0.3) is 0 Å². The minimum atomic E-state index is -1.18. The number of benzene rings is 1. The van der Waals surface area contributed by atoms with Crippen molar-refractivity contribution in [3.05, 3.63) is 41.2 Å². The molecule has 0 bridgehead atoms. The zero-order valence-corrected chi connectivity index (χ0v) is 11.2. The fraction of sp³-hybridized carbons (Fsp3) is 0.250. The number of hydrogen-bond acceptors (Lipinski definition) is 6. The van der Waals surface area contributed by atoms with Crippen molar-refractivity contribution in [2.75, 3.05) is 5.84 Å². The van der Waals surface area contributed by atoms with E-state index in [0.29, 0.717) is 28.7 Å². The number of carbonyl (C=O) groups excluding carboxylic acids is 1. The zero-order chi connectivity index (χ0) is 13.8. The summed E-state index contributed by atoms with van der Waals surface area (Å²) in [5.41, 5.74) is 0.863. The van der Waals surface area contributed by atoms with E-state index in [1.54, 1.807) is 18.2 Å². The fourth-order valence-electron chi connectivity index (χ4n) is 1.63. The third kappa shape index (κ3) is 2.87. The molecule has 100 valence electrons. The summed E-state index contributed by atoms with van der Waals surface area (Å²) in [4.78, 5) is 11.0. The smallest absolute Gasteiger partial charge is 0.210 e. The number of carbonyl (C=O) groups is 1. The molecule has 0 aliphatic rings. The highest BCUT2D eigenvalue weighted by molar-refractivity contribution is 7.98. The van der Waals surface area contributed by atoms with Crippen molar-refractivity contribution in [3.63, 3.8) is 0 Å². The first-order valence-corrected chi connectivity index (χ1v) is 6.73. The Kier molecular flexibility index (Phi) is 4.06. The summed E-state index contributed by atoms with van der Waals surface area (Å²) >= 11 is 1.34. The van der Waals surface area contributed by atoms with Crippen molar-refractivity contribution in [3.8, 4) is 0 Å². The Bertz CT molecular complexity index is 597. The van der Waals surface area contributed by atoms with Crippen molar-refractivity contribution in [1.29, 1.82) is 0 Å². The van der Waals surface area contributed by atoms with E-state index in [1.165, 1.54) is 22.5 Å². The molecule has 0 aliphatic carbocycles. The Labute approximate surface area is 114 Å². The van der Waals surface area contributed by atoms with Crippen LogP contribution in [0.5, 0.6) is 0 Å². The number of hydrogen-bond donors (Lipinski definition) is 1. The lowest BCUT2D eigenvalue weighted by Crippen LogP contribution is -2.23. The van der Waals surface area contributed by atoms with E-state index >= 15 is 0 Å². The van der Waals surface area contributed by atoms with E-state index < -0.39 is 5.97 Å². The van der Waals surface area contributed by atoms with Gasteiger partial charge in [0.2, 0.25) is 5.16 Å². The van der Waals surface area contributed by atoms with Gasteiger partial charge in [-0.1, -0.05) is 43.0 Å². The van der Waals surface area contributed by atoms with Crippen LogP contribution in [0.1, 0.15) is 28.7 Å². The maximum Gasteiger partial charge on any atom is 0.210 e. The van der Waals surface area contributed by atoms with Gasteiger partial charge in [0.05, 0.1) is 5.97 Å². The second-order valence-corrected chi connectivity index (χ2v) is 4.80. The van der Waals surface area contributed by atoms with Gasteiger partial charge in [0, 0.05) is 17.7 Å². The first kappa shape index (κ1) is 13.4. The number of aromatic nitrogens is 3. The lowest BCUT2D eigenvalue weighted by Gasteiger charge is -2.09. The van der Waals surface area contributed by atoms with E-state index in [9.17, 15) is 9.90 Å². The van der Waals surface area contributed by atoms with Crippen LogP contribution in [-0.2, 0) is 12.2 Å². The molecule has 0 saturated carbocycles. The topological polar surface area (TPSA) is 96.9 Å². The molecule has 0 fully saturated rings. The lowest BCUT2D eigenvalue weighted by molar-refractivity contribution is -0.255. The molecule has 1 heterocycles. The quantitative estimate of drug-likeness (QED) is 0.620. The molecule has 0 aliphatic heterocycles. The monoisotopic (exact) mass is 277 g/mol. The number of thioether (sulfide) groups is 1. The normalized spacial score (nSPS) is 10.6. The largest absolute Gasteiger partial charge is 0.545 e. The Morgan fingerprint density at radius 3 is 2.79 bits per heavy atom. The molecule has 0 radical (unpaired) electrons. The summed E-state index contributed by atoms with van der Waals surface area (Å²) in [5, 5.41) is 19.4. The van der Waals surface area contributed by atoms with Crippen LogP contribution in [0, 0.1) is 0 Å². The van der Waals surface area contributed by atoms with Crippen LogP contribution in [0.4, 0.5) is 0 Å². The number of nitrogens with two attached hydrogens (primary N) is 1. The summed E-state index contributed by atoms with van der Waals surface area (Å²) in [6.07, 6.45) is 0.694. The first-order valence-electron chi connectivity index (χ1n) is 5.75. The summed E-state index contributed by atoms with van der Waals surface area (Å²) in [7, 11) is 0. The van der Waals surface area contributed by atoms with Crippen molar-refractivity contribution in [1.82, 2.24) is 14.9 Å².